The van der Waals surface area contributed by atoms with Gasteiger partial charge in [-0.2, -0.15) is 0 Å². The zero-order chi connectivity index (χ0) is 41.0. The molecule has 0 aliphatic heterocycles. The van der Waals surface area contributed by atoms with Crippen molar-refractivity contribution in [2.45, 2.75) is 0 Å². The van der Waals surface area contributed by atoms with Crippen LogP contribution in [0.4, 0.5) is 0 Å². The monoisotopic (exact) mass is 792 g/mol. The van der Waals surface area contributed by atoms with Gasteiger partial charge in [0, 0.05) is 43.9 Å². The highest BCUT2D eigenvalue weighted by atomic mass is 16.3. The number of benzene rings is 9. The summed E-state index contributed by atoms with van der Waals surface area (Å²) < 4.78 is 8.69. The first-order valence-electron chi connectivity index (χ1n) is 20.8. The van der Waals surface area contributed by atoms with Gasteiger partial charge in [-0.25, -0.2) is 15.0 Å². The van der Waals surface area contributed by atoms with Gasteiger partial charge < -0.3 is 8.98 Å². The highest BCUT2D eigenvalue weighted by Crippen LogP contribution is 2.37. The van der Waals surface area contributed by atoms with Crippen molar-refractivity contribution in [1.29, 1.82) is 0 Å². The Balaban J connectivity index is 0.988. The van der Waals surface area contributed by atoms with E-state index in [0.29, 0.717) is 17.5 Å². The van der Waals surface area contributed by atoms with Gasteiger partial charge in [-0.3, -0.25) is 0 Å². The number of nitrogens with zero attached hydrogens (tertiary/aromatic N) is 4. The molecule has 3 heterocycles. The molecule has 0 bridgehead atoms. The lowest BCUT2D eigenvalue weighted by atomic mass is 9.96. The van der Waals surface area contributed by atoms with Crippen LogP contribution < -0.4 is 0 Å². The summed E-state index contributed by atoms with van der Waals surface area (Å²) in [7, 11) is 0. The third kappa shape index (κ3) is 6.23. The van der Waals surface area contributed by atoms with Crippen LogP contribution in [0.25, 0.3) is 117 Å². The second-order valence-electron chi connectivity index (χ2n) is 15.6. The Labute approximate surface area is 357 Å². The largest absolute Gasteiger partial charge is 0.456 e. The summed E-state index contributed by atoms with van der Waals surface area (Å²) >= 11 is 0. The second kappa shape index (κ2) is 14.7. The molecule has 0 saturated carbocycles. The van der Waals surface area contributed by atoms with Crippen LogP contribution in [0, 0.1) is 0 Å². The molecule has 0 N–H and O–H groups in total. The van der Waals surface area contributed by atoms with Crippen LogP contribution in [-0.4, -0.2) is 19.5 Å². The van der Waals surface area contributed by atoms with Crippen LogP contribution >= 0.6 is 0 Å². The summed E-state index contributed by atoms with van der Waals surface area (Å²) in [6, 6.07) is 76.4. The molecule has 62 heavy (non-hydrogen) atoms. The molecular formula is C57H36N4O. The number of rotatable bonds is 7. The van der Waals surface area contributed by atoms with Crippen molar-refractivity contribution in [3.63, 3.8) is 0 Å². The molecule has 12 rings (SSSR count). The van der Waals surface area contributed by atoms with Crippen LogP contribution in [0.5, 0.6) is 0 Å². The predicted molar refractivity (Wildman–Crippen MR) is 254 cm³/mol. The fourth-order valence-corrected chi connectivity index (χ4v) is 8.82. The zero-order valence-electron chi connectivity index (χ0n) is 33.5. The molecule has 5 heteroatoms. The molecule has 0 saturated heterocycles. The summed E-state index contributed by atoms with van der Waals surface area (Å²) in [6.45, 7) is 0. The Morgan fingerprint density at radius 3 is 1.40 bits per heavy atom. The van der Waals surface area contributed by atoms with Crippen LogP contribution in [0.3, 0.4) is 0 Å². The van der Waals surface area contributed by atoms with Crippen molar-refractivity contribution < 1.29 is 4.42 Å². The molecular weight excluding hydrogens is 757 g/mol. The van der Waals surface area contributed by atoms with Crippen LogP contribution in [0.1, 0.15) is 0 Å². The Morgan fingerprint density at radius 1 is 0.274 bits per heavy atom. The van der Waals surface area contributed by atoms with E-state index in [4.69, 9.17) is 19.4 Å². The van der Waals surface area contributed by atoms with Crippen molar-refractivity contribution >= 4 is 43.7 Å². The molecule has 0 amide bonds. The van der Waals surface area contributed by atoms with Crippen molar-refractivity contribution in [2.75, 3.05) is 0 Å². The van der Waals surface area contributed by atoms with Crippen LogP contribution in [-0.2, 0) is 0 Å². The van der Waals surface area contributed by atoms with Crippen molar-refractivity contribution in [3.8, 4) is 73.2 Å². The number of furan rings is 1. The smallest absolute Gasteiger partial charge is 0.164 e. The number of aromatic nitrogens is 4. The lowest BCUT2D eigenvalue weighted by molar-refractivity contribution is 0.669. The van der Waals surface area contributed by atoms with Gasteiger partial charge in [-0.1, -0.05) is 158 Å². The highest BCUT2D eigenvalue weighted by Gasteiger charge is 2.18. The Hall–Kier alpha value is -8.41. The Kier molecular flexibility index (Phi) is 8.42. The van der Waals surface area contributed by atoms with Gasteiger partial charge in [-0.15, -0.1) is 0 Å². The summed E-state index contributed by atoms with van der Waals surface area (Å²) in [4.78, 5) is 15.6. The minimum atomic E-state index is 0.571. The average molecular weight is 793 g/mol. The molecule has 0 unspecified atom stereocenters. The quantitative estimate of drug-likeness (QED) is 0.161. The van der Waals surface area contributed by atoms with E-state index in [9.17, 15) is 0 Å². The van der Waals surface area contributed by atoms with E-state index in [1.54, 1.807) is 0 Å². The average Bonchev–Trinajstić information content (AvgIpc) is 3.90. The highest BCUT2D eigenvalue weighted by molar-refractivity contribution is 6.09. The van der Waals surface area contributed by atoms with Gasteiger partial charge in [0.05, 0.1) is 11.0 Å². The summed E-state index contributed by atoms with van der Waals surface area (Å²) in [5.41, 5.74) is 14.4. The normalized spacial score (nSPS) is 11.5. The minimum absolute atomic E-state index is 0.571. The second-order valence-corrected chi connectivity index (χ2v) is 15.6. The molecule has 0 aliphatic carbocycles. The van der Waals surface area contributed by atoms with Crippen molar-refractivity contribution in [2.24, 2.45) is 0 Å². The van der Waals surface area contributed by atoms with Gasteiger partial charge in [0.15, 0.2) is 17.5 Å². The van der Waals surface area contributed by atoms with Gasteiger partial charge >= 0.3 is 0 Å². The number of hydrogen-bond acceptors (Lipinski definition) is 4. The van der Waals surface area contributed by atoms with Crippen LogP contribution in [0.2, 0.25) is 0 Å². The SMILES string of the molecule is c1ccc(-c2cc(-c3ccccc3)cc(-c3nc(-c4ccc(-c5cccc(-n6c7ccccc7c7ccccc76)c5)cc4)nc(-c4ccc5c(c4)oc4ccccc45)n3)c2)cc1. The number of para-hydroxylation sites is 3. The number of hydrogen-bond donors (Lipinski definition) is 0. The first-order valence-corrected chi connectivity index (χ1v) is 20.8. The Morgan fingerprint density at radius 2 is 0.742 bits per heavy atom. The minimum Gasteiger partial charge on any atom is -0.456 e. The number of fused-ring (bicyclic) bond motifs is 6. The molecule has 0 spiro atoms. The molecule has 5 nitrogen and oxygen atoms in total. The standard InChI is InChI=1S/C57H36N4O/c1-3-14-37(15-4-1)43-32-44(38-16-5-2-6-17-38)34-45(33-43)57-59-55(58-56(60-57)42-30-31-50-49-22-9-12-25-53(49)62-54(50)36-42)40-28-26-39(27-29-40)41-18-13-19-46(35-41)61-51-23-10-7-20-47(51)48-21-8-11-24-52(48)61/h1-36H. The van der Waals surface area contributed by atoms with E-state index in [1.807, 2.05) is 36.4 Å². The van der Waals surface area contributed by atoms with Gasteiger partial charge in [0.1, 0.15) is 11.2 Å². The van der Waals surface area contributed by atoms with Crippen molar-refractivity contribution in [1.82, 2.24) is 19.5 Å². The molecule has 12 aromatic rings. The molecule has 9 aromatic carbocycles. The summed E-state index contributed by atoms with van der Waals surface area (Å²) in [5, 5.41) is 4.63. The maximum Gasteiger partial charge on any atom is 0.164 e. The van der Waals surface area contributed by atoms with E-state index in [0.717, 1.165) is 77.7 Å². The zero-order valence-corrected chi connectivity index (χ0v) is 33.5. The van der Waals surface area contributed by atoms with E-state index >= 15 is 0 Å². The predicted octanol–water partition coefficient (Wildman–Crippen LogP) is 14.9. The molecule has 0 aliphatic rings. The summed E-state index contributed by atoms with van der Waals surface area (Å²) in [6.07, 6.45) is 0. The first kappa shape index (κ1) is 35.5. The lowest BCUT2D eigenvalue weighted by Crippen LogP contribution is -2.00. The van der Waals surface area contributed by atoms with Gasteiger partial charge in [0.2, 0.25) is 0 Å². The molecule has 3 aromatic heterocycles. The maximum atomic E-state index is 6.33. The molecule has 0 atom stereocenters. The third-order valence-corrected chi connectivity index (χ3v) is 11.8. The van der Waals surface area contributed by atoms with Crippen LogP contribution in [0.15, 0.2) is 223 Å². The van der Waals surface area contributed by atoms with Gasteiger partial charge in [-0.05, 0) is 94.0 Å². The van der Waals surface area contributed by atoms with Gasteiger partial charge in [0.25, 0.3) is 0 Å². The van der Waals surface area contributed by atoms with E-state index in [1.165, 1.54) is 21.8 Å². The molecule has 0 radical (unpaired) electrons. The molecule has 0 fully saturated rings. The fraction of sp³-hybridized carbons (Fsp3) is 0. The fourth-order valence-electron chi connectivity index (χ4n) is 8.82. The maximum absolute atomic E-state index is 6.33. The summed E-state index contributed by atoms with van der Waals surface area (Å²) in [5.74, 6) is 1.75. The van der Waals surface area contributed by atoms with E-state index < -0.39 is 0 Å². The Bertz CT molecular complexity index is 3510. The van der Waals surface area contributed by atoms with E-state index in [2.05, 4.69) is 187 Å². The lowest BCUT2D eigenvalue weighted by Gasteiger charge is -2.13. The third-order valence-electron chi connectivity index (χ3n) is 11.8. The topological polar surface area (TPSA) is 56.7 Å². The molecule has 290 valence electrons. The van der Waals surface area contributed by atoms with E-state index in [-0.39, 0.29) is 0 Å². The van der Waals surface area contributed by atoms with Crippen molar-refractivity contribution in [3.05, 3.63) is 218 Å². The first-order chi connectivity index (χ1) is 30.7.